The summed E-state index contributed by atoms with van der Waals surface area (Å²) in [6.07, 6.45) is 2.96. The minimum Gasteiger partial charge on any atom is -0.341 e. The molecule has 41 heavy (non-hydrogen) atoms. The zero-order chi connectivity index (χ0) is 28.8. The molecule has 0 aromatic heterocycles. The molecule has 1 atom stereocenters. The zero-order valence-corrected chi connectivity index (χ0v) is 24.1. The lowest BCUT2D eigenvalue weighted by molar-refractivity contribution is -0.161. The Morgan fingerprint density at radius 3 is 2.10 bits per heavy atom. The summed E-state index contributed by atoms with van der Waals surface area (Å²) >= 11 is 0. The van der Waals surface area contributed by atoms with Crippen LogP contribution >= 0.6 is 0 Å². The van der Waals surface area contributed by atoms with Gasteiger partial charge in [0.2, 0.25) is 17.7 Å². The summed E-state index contributed by atoms with van der Waals surface area (Å²) < 4.78 is 0. The van der Waals surface area contributed by atoms with Crippen molar-refractivity contribution in [3.63, 3.8) is 0 Å². The van der Waals surface area contributed by atoms with Crippen LogP contribution in [0, 0.1) is 0 Å². The normalized spacial score (nSPS) is 18.8. The van der Waals surface area contributed by atoms with Crippen molar-refractivity contribution in [2.75, 3.05) is 37.6 Å². The van der Waals surface area contributed by atoms with E-state index in [4.69, 9.17) is 0 Å². The number of anilines is 1. The van der Waals surface area contributed by atoms with Crippen LogP contribution in [-0.2, 0) is 20.8 Å². The molecule has 3 aromatic rings. The van der Waals surface area contributed by atoms with Gasteiger partial charge in [-0.3, -0.25) is 14.4 Å². The Labute approximate surface area is 243 Å². The fraction of sp³-hybridized carbons (Fsp3) is 0.382. The van der Waals surface area contributed by atoms with E-state index in [1.165, 1.54) is 12.5 Å². The van der Waals surface area contributed by atoms with E-state index in [2.05, 4.69) is 34.5 Å². The number of piperazine rings is 1. The fourth-order valence-electron chi connectivity index (χ4n) is 6.19. The third kappa shape index (κ3) is 6.20. The molecule has 2 aliphatic rings. The highest BCUT2D eigenvalue weighted by Gasteiger charge is 2.53. The fourth-order valence-corrected chi connectivity index (χ4v) is 6.19. The quantitative estimate of drug-likeness (QED) is 0.424. The first kappa shape index (κ1) is 28.6. The number of hydrogen-bond acceptors (Lipinski definition) is 4. The predicted octanol–water partition coefficient (Wildman–Crippen LogP) is 4.52. The summed E-state index contributed by atoms with van der Waals surface area (Å²) in [7, 11) is 0. The van der Waals surface area contributed by atoms with Crippen molar-refractivity contribution in [3.05, 3.63) is 90.5 Å². The van der Waals surface area contributed by atoms with Gasteiger partial charge in [-0.25, -0.2) is 0 Å². The average molecular weight is 553 g/mol. The molecular weight excluding hydrogens is 512 g/mol. The average Bonchev–Trinajstić information content (AvgIpc) is 3.01. The Morgan fingerprint density at radius 2 is 1.49 bits per heavy atom. The first-order valence-electron chi connectivity index (χ1n) is 14.7. The maximum Gasteiger partial charge on any atom is 0.247 e. The molecule has 7 heteroatoms. The van der Waals surface area contributed by atoms with Gasteiger partial charge in [-0.15, -0.1) is 0 Å². The number of piperidine rings is 1. The largest absolute Gasteiger partial charge is 0.341 e. The monoisotopic (exact) mass is 552 g/mol. The second kappa shape index (κ2) is 12.7. The van der Waals surface area contributed by atoms with Crippen LogP contribution in [0.5, 0.6) is 0 Å². The predicted molar refractivity (Wildman–Crippen MR) is 162 cm³/mol. The van der Waals surface area contributed by atoms with Crippen LogP contribution in [0.4, 0.5) is 5.69 Å². The molecule has 2 fully saturated rings. The molecule has 1 spiro atoms. The van der Waals surface area contributed by atoms with Gasteiger partial charge in [-0.05, 0) is 54.5 Å². The summed E-state index contributed by atoms with van der Waals surface area (Å²) in [5, 5.41) is 3.04. The highest BCUT2D eigenvalue weighted by Crippen LogP contribution is 2.34. The van der Waals surface area contributed by atoms with Gasteiger partial charge < -0.3 is 20.0 Å². The van der Waals surface area contributed by atoms with Gasteiger partial charge in [0.15, 0.2) is 0 Å². The van der Waals surface area contributed by atoms with Crippen LogP contribution in [0.3, 0.4) is 0 Å². The highest BCUT2D eigenvalue weighted by atomic mass is 16.2. The molecule has 2 aliphatic heterocycles. The molecule has 5 rings (SSSR count). The molecule has 214 valence electrons. The minimum absolute atomic E-state index is 0.0961. The maximum absolute atomic E-state index is 13.9. The molecule has 3 amide bonds. The number of nitrogens with zero attached hydrogens (tertiary/aromatic N) is 3. The van der Waals surface area contributed by atoms with E-state index in [9.17, 15) is 14.4 Å². The summed E-state index contributed by atoms with van der Waals surface area (Å²) in [5.74, 6) is -0.369. The summed E-state index contributed by atoms with van der Waals surface area (Å²) in [5.41, 5.74) is 3.32. The van der Waals surface area contributed by atoms with Crippen molar-refractivity contribution >= 4 is 23.4 Å². The Hall–Kier alpha value is -3.97. The second-order valence-corrected chi connectivity index (χ2v) is 11.2. The molecule has 1 N–H and O–H groups in total. The van der Waals surface area contributed by atoms with E-state index in [0.29, 0.717) is 25.1 Å². The summed E-state index contributed by atoms with van der Waals surface area (Å²) in [6, 6.07) is 27.4. The SMILES string of the molecule is CCCN1C(=O)[C@H](CN(C(C)=O)c2ccc(-c3ccccc3)cc2)NC(=O)C12CCN(CCc1ccccc1)CC2. The van der Waals surface area contributed by atoms with Crippen LogP contribution in [0.25, 0.3) is 11.1 Å². The number of carbonyl (C=O) groups excluding carboxylic acids is 3. The van der Waals surface area contributed by atoms with Gasteiger partial charge in [0.1, 0.15) is 11.6 Å². The minimum atomic E-state index is -0.828. The molecule has 2 saturated heterocycles. The third-order valence-corrected chi connectivity index (χ3v) is 8.53. The van der Waals surface area contributed by atoms with Crippen LogP contribution in [0.1, 0.15) is 38.7 Å². The molecule has 2 heterocycles. The van der Waals surface area contributed by atoms with Crippen molar-refractivity contribution < 1.29 is 14.4 Å². The molecule has 0 radical (unpaired) electrons. The van der Waals surface area contributed by atoms with Crippen molar-refractivity contribution in [1.29, 1.82) is 0 Å². The molecule has 0 aliphatic carbocycles. The number of benzene rings is 3. The standard InChI is InChI=1S/C34H40N4O3/c1-3-21-38-32(40)31(25-37(26(2)39)30-16-14-29(15-17-30)28-12-8-5-9-13-28)35-33(41)34(38)19-23-36(24-20-34)22-18-27-10-6-4-7-11-27/h4-17,31H,3,18-25H2,1-2H3,(H,35,41)/t31-/m0/s1. The second-order valence-electron chi connectivity index (χ2n) is 11.2. The smallest absolute Gasteiger partial charge is 0.247 e. The van der Waals surface area contributed by atoms with Gasteiger partial charge in [-0.2, -0.15) is 0 Å². The topological polar surface area (TPSA) is 73.0 Å². The van der Waals surface area contributed by atoms with E-state index in [0.717, 1.165) is 43.6 Å². The summed E-state index contributed by atoms with van der Waals surface area (Å²) in [4.78, 5) is 46.2. The van der Waals surface area contributed by atoms with Gasteiger partial charge in [0.05, 0.1) is 6.54 Å². The first-order valence-corrected chi connectivity index (χ1v) is 14.7. The number of likely N-dealkylation sites (tertiary alicyclic amines) is 1. The van der Waals surface area contributed by atoms with E-state index >= 15 is 0 Å². The van der Waals surface area contributed by atoms with Crippen LogP contribution in [0.2, 0.25) is 0 Å². The Bertz CT molecular complexity index is 1340. The zero-order valence-electron chi connectivity index (χ0n) is 24.1. The van der Waals surface area contributed by atoms with Gasteiger partial charge in [-0.1, -0.05) is 79.7 Å². The van der Waals surface area contributed by atoms with Crippen molar-refractivity contribution in [3.8, 4) is 11.1 Å². The lowest BCUT2D eigenvalue weighted by Crippen LogP contribution is -2.74. The van der Waals surface area contributed by atoms with Gasteiger partial charge in [0, 0.05) is 38.8 Å². The number of hydrogen-bond donors (Lipinski definition) is 1. The molecular formula is C34H40N4O3. The van der Waals surface area contributed by atoms with E-state index in [1.807, 2.05) is 72.5 Å². The molecule has 7 nitrogen and oxygen atoms in total. The molecule has 3 aromatic carbocycles. The Kier molecular flexibility index (Phi) is 8.84. The number of rotatable bonds is 9. The number of amides is 3. The van der Waals surface area contributed by atoms with Gasteiger partial charge >= 0.3 is 0 Å². The van der Waals surface area contributed by atoms with Crippen LogP contribution < -0.4 is 10.2 Å². The van der Waals surface area contributed by atoms with Crippen LogP contribution in [0.15, 0.2) is 84.9 Å². The lowest BCUT2D eigenvalue weighted by Gasteiger charge is -2.52. The Balaban J connectivity index is 1.27. The summed E-state index contributed by atoms with van der Waals surface area (Å²) in [6.45, 7) is 6.63. The molecule has 0 saturated carbocycles. The van der Waals surface area contributed by atoms with Crippen molar-refractivity contribution in [2.45, 2.75) is 51.1 Å². The first-order chi connectivity index (χ1) is 19.9. The van der Waals surface area contributed by atoms with Crippen molar-refractivity contribution in [1.82, 2.24) is 15.1 Å². The number of nitrogens with one attached hydrogen (secondary N) is 1. The lowest BCUT2D eigenvalue weighted by atomic mass is 9.81. The number of carbonyl (C=O) groups is 3. The molecule has 0 bridgehead atoms. The third-order valence-electron chi connectivity index (χ3n) is 8.53. The van der Waals surface area contributed by atoms with E-state index in [1.54, 1.807) is 4.90 Å². The highest BCUT2D eigenvalue weighted by molar-refractivity contribution is 6.01. The van der Waals surface area contributed by atoms with Crippen molar-refractivity contribution in [2.24, 2.45) is 0 Å². The Morgan fingerprint density at radius 1 is 0.878 bits per heavy atom. The van der Waals surface area contributed by atoms with Crippen LogP contribution in [-0.4, -0.2) is 71.8 Å². The van der Waals surface area contributed by atoms with Gasteiger partial charge in [0.25, 0.3) is 0 Å². The molecule has 0 unspecified atom stereocenters. The maximum atomic E-state index is 13.9. The van der Waals surface area contributed by atoms with E-state index < -0.39 is 11.6 Å². The van der Waals surface area contributed by atoms with E-state index in [-0.39, 0.29) is 24.3 Å².